The number of hydrogen-bond donors (Lipinski definition) is 1. The van der Waals surface area contributed by atoms with Gasteiger partial charge in [0.05, 0.1) is 11.3 Å². The highest BCUT2D eigenvalue weighted by Crippen LogP contribution is 2.23. The summed E-state index contributed by atoms with van der Waals surface area (Å²) in [7, 11) is 1.87. The fraction of sp³-hybridized carbons (Fsp3) is 0.556. The van der Waals surface area contributed by atoms with Crippen molar-refractivity contribution in [3.63, 3.8) is 0 Å². The van der Waals surface area contributed by atoms with Gasteiger partial charge in [0.25, 0.3) is 0 Å². The zero-order valence-corrected chi connectivity index (χ0v) is 7.71. The van der Waals surface area contributed by atoms with E-state index in [1.165, 1.54) is 0 Å². The average molecular weight is 179 g/mol. The van der Waals surface area contributed by atoms with Crippen LogP contribution in [0.25, 0.3) is 0 Å². The number of nitrogens with zero attached hydrogens (tertiary/aromatic N) is 2. The molecule has 2 N–H and O–H groups in total. The number of fused-ring (bicyclic) bond motifs is 1. The quantitative estimate of drug-likeness (QED) is 0.678. The van der Waals surface area contributed by atoms with E-state index in [0.29, 0.717) is 13.0 Å². The van der Waals surface area contributed by atoms with Crippen LogP contribution in [0.15, 0.2) is 0 Å². The van der Waals surface area contributed by atoms with E-state index in [0.717, 1.165) is 29.8 Å². The Morgan fingerprint density at radius 3 is 3.00 bits per heavy atom. The summed E-state index contributed by atoms with van der Waals surface area (Å²) in [6.07, 6.45) is 2.53. The first-order chi connectivity index (χ1) is 6.24. The zero-order chi connectivity index (χ0) is 9.42. The third-order valence-corrected chi connectivity index (χ3v) is 2.53. The Morgan fingerprint density at radius 1 is 1.54 bits per heavy atom. The topological polar surface area (TPSA) is 60.9 Å². The predicted molar refractivity (Wildman–Crippen MR) is 48.4 cm³/mol. The lowest BCUT2D eigenvalue weighted by molar-refractivity contribution is 0.0971. The van der Waals surface area contributed by atoms with E-state index in [-0.39, 0.29) is 5.78 Å². The molecule has 0 fully saturated rings. The van der Waals surface area contributed by atoms with Gasteiger partial charge in [-0.2, -0.15) is 5.10 Å². The molecular weight excluding hydrogens is 166 g/mol. The van der Waals surface area contributed by atoms with Crippen molar-refractivity contribution in [3.8, 4) is 0 Å². The Morgan fingerprint density at radius 2 is 2.31 bits per heavy atom. The van der Waals surface area contributed by atoms with Gasteiger partial charge in [0.1, 0.15) is 0 Å². The summed E-state index contributed by atoms with van der Waals surface area (Å²) in [5.41, 5.74) is 8.11. The first kappa shape index (κ1) is 8.44. The Labute approximate surface area is 76.7 Å². The summed E-state index contributed by atoms with van der Waals surface area (Å²) in [6, 6.07) is 0. The zero-order valence-electron chi connectivity index (χ0n) is 7.71. The van der Waals surface area contributed by atoms with Crippen molar-refractivity contribution in [1.82, 2.24) is 9.78 Å². The molecule has 0 radical (unpaired) electrons. The molecule has 1 aliphatic rings. The van der Waals surface area contributed by atoms with E-state index < -0.39 is 0 Å². The second-order valence-electron chi connectivity index (χ2n) is 3.37. The van der Waals surface area contributed by atoms with Gasteiger partial charge < -0.3 is 5.73 Å². The lowest BCUT2D eigenvalue weighted by atomic mass is 9.94. The summed E-state index contributed by atoms with van der Waals surface area (Å²) in [4.78, 5) is 11.6. The predicted octanol–water partition coefficient (Wildman–Crippen LogP) is 0.398. The number of aromatic nitrogens is 2. The summed E-state index contributed by atoms with van der Waals surface area (Å²) in [5, 5.41) is 4.23. The number of hydrogen-bond acceptors (Lipinski definition) is 3. The van der Waals surface area contributed by atoms with Crippen molar-refractivity contribution >= 4 is 5.78 Å². The molecule has 0 bridgehead atoms. The first-order valence-corrected chi connectivity index (χ1v) is 4.52. The van der Waals surface area contributed by atoms with Crippen molar-refractivity contribution in [2.45, 2.75) is 25.8 Å². The van der Waals surface area contributed by atoms with Gasteiger partial charge in [-0.15, -0.1) is 0 Å². The lowest BCUT2D eigenvalue weighted by Gasteiger charge is -2.10. The fourth-order valence-electron chi connectivity index (χ4n) is 1.91. The van der Waals surface area contributed by atoms with Crippen LogP contribution in [0.2, 0.25) is 0 Å². The maximum atomic E-state index is 11.6. The highest BCUT2D eigenvalue weighted by Gasteiger charge is 2.24. The lowest BCUT2D eigenvalue weighted by Crippen LogP contribution is -2.13. The average Bonchev–Trinajstić information content (AvgIpc) is 2.45. The normalized spacial score (nSPS) is 16.0. The SMILES string of the molecule is Cn1nc(CN)c2c1CCCC2=O. The monoisotopic (exact) mass is 179 g/mol. The molecule has 0 spiro atoms. The summed E-state index contributed by atoms with van der Waals surface area (Å²) < 4.78 is 1.79. The van der Waals surface area contributed by atoms with Crippen LogP contribution >= 0.6 is 0 Å². The van der Waals surface area contributed by atoms with E-state index in [9.17, 15) is 4.79 Å². The van der Waals surface area contributed by atoms with Crippen molar-refractivity contribution < 1.29 is 4.79 Å². The highest BCUT2D eigenvalue weighted by atomic mass is 16.1. The van der Waals surface area contributed by atoms with Crippen LogP contribution in [-0.4, -0.2) is 15.6 Å². The third kappa shape index (κ3) is 1.18. The Kier molecular flexibility index (Phi) is 1.92. The highest BCUT2D eigenvalue weighted by molar-refractivity contribution is 5.99. The molecule has 1 aromatic rings. The number of carbonyl (C=O) groups excluding carboxylic acids is 1. The molecule has 0 atom stereocenters. The number of aryl methyl sites for hydroxylation is 1. The van der Waals surface area contributed by atoms with Crippen LogP contribution in [0.3, 0.4) is 0 Å². The fourth-order valence-corrected chi connectivity index (χ4v) is 1.91. The molecular formula is C9H13N3O. The smallest absolute Gasteiger partial charge is 0.166 e. The van der Waals surface area contributed by atoms with Crippen LogP contribution in [0.4, 0.5) is 0 Å². The molecule has 0 aliphatic heterocycles. The van der Waals surface area contributed by atoms with Gasteiger partial charge in [-0.25, -0.2) is 0 Å². The van der Waals surface area contributed by atoms with Gasteiger partial charge in [0, 0.05) is 25.7 Å². The molecule has 0 saturated carbocycles. The van der Waals surface area contributed by atoms with E-state index in [1.807, 2.05) is 7.05 Å². The maximum Gasteiger partial charge on any atom is 0.166 e. The van der Waals surface area contributed by atoms with E-state index in [4.69, 9.17) is 5.73 Å². The first-order valence-electron chi connectivity index (χ1n) is 4.52. The van der Waals surface area contributed by atoms with Gasteiger partial charge in [-0.1, -0.05) is 0 Å². The van der Waals surface area contributed by atoms with Crippen molar-refractivity contribution in [1.29, 1.82) is 0 Å². The molecule has 0 unspecified atom stereocenters. The molecule has 13 heavy (non-hydrogen) atoms. The van der Waals surface area contributed by atoms with Crippen molar-refractivity contribution in [2.75, 3.05) is 0 Å². The summed E-state index contributed by atoms with van der Waals surface area (Å²) in [6.45, 7) is 0.356. The molecule has 0 saturated heterocycles. The Bertz CT molecular complexity index is 354. The minimum atomic E-state index is 0.204. The summed E-state index contributed by atoms with van der Waals surface area (Å²) >= 11 is 0. The second kappa shape index (κ2) is 2.96. The van der Waals surface area contributed by atoms with Crippen LogP contribution in [0, 0.1) is 0 Å². The summed E-state index contributed by atoms with van der Waals surface area (Å²) in [5.74, 6) is 0.204. The van der Waals surface area contributed by atoms with E-state index in [1.54, 1.807) is 4.68 Å². The second-order valence-corrected chi connectivity index (χ2v) is 3.37. The minimum absolute atomic E-state index is 0.204. The third-order valence-electron chi connectivity index (χ3n) is 2.53. The van der Waals surface area contributed by atoms with Gasteiger partial charge >= 0.3 is 0 Å². The van der Waals surface area contributed by atoms with Gasteiger partial charge in [0.15, 0.2) is 5.78 Å². The van der Waals surface area contributed by atoms with Crippen LogP contribution in [0.5, 0.6) is 0 Å². The van der Waals surface area contributed by atoms with E-state index in [2.05, 4.69) is 5.10 Å². The minimum Gasteiger partial charge on any atom is -0.325 e. The standard InChI is InChI=1S/C9H13N3O/c1-12-7-3-2-4-8(13)9(7)6(5-10)11-12/h2-5,10H2,1H3. The number of carbonyl (C=O) groups is 1. The van der Waals surface area contributed by atoms with Crippen molar-refractivity contribution in [2.24, 2.45) is 12.8 Å². The maximum absolute atomic E-state index is 11.6. The van der Waals surface area contributed by atoms with Gasteiger partial charge in [-0.05, 0) is 12.8 Å². The number of rotatable bonds is 1. The molecule has 0 amide bonds. The molecule has 2 rings (SSSR count). The Balaban J connectivity index is 2.58. The molecule has 1 heterocycles. The molecule has 70 valence electrons. The number of Topliss-reactive ketones (excluding diaryl/α,β-unsaturated/α-hetero) is 1. The largest absolute Gasteiger partial charge is 0.325 e. The molecule has 4 heteroatoms. The van der Waals surface area contributed by atoms with Gasteiger partial charge in [0.2, 0.25) is 0 Å². The molecule has 1 aliphatic carbocycles. The Hall–Kier alpha value is -1.16. The molecule has 1 aromatic heterocycles. The number of ketones is 1. The van der Waals surface area contributed by atoms with Crippen LogP contribution < -0.4 is 5.73 Å². The van der Waals surface area contributed by atoms with Crippen LogP contribution in [0.1, 0.15) is 34.6 Å². The van der Waals surface area contributed by atoms with E-state index >= 15 is 0 Å². The molecule has 0 aromatic carbocycles. The van der Waals surface area contributed by atoms with Crippen molar-refractivity contribution in [3.05, 3.63) is 17.0 Å². The number of nitrogens with two attached hydrogens (primary N) is 1. The molecule has 4 nitrogen and oxygen atoms in total. The van der Waals surface area contributed by atoms with Crippen LogP contribution in [-0.2, 0) is 20.0 Å². The van der Waals surface area contributed by atoms with Gasteiger partial charge in [-0.3, -0.25) is 9.48 Å².